The Morgan fingerprint density at radius 3 is 2.60 bits per heavy atom. The fourth-order valence-electron chi connectivity index (χ4n) is 1.37. The monoisotopic (exact) mass is 291 g/mol. The molecule has 5 heteroatoms. The molecular weight excluding hydrogens is 274 g/mol. The molecule has 0 fully saturated rings. The molecule has 1 heterocycles. The second-order valence-electron chi connectivity index (χ2n) is 3.64. The van der Waals surface area contributed by atoms with Crippen LogP contribution in [0.25, 0.3) is 0 Å². The first-order valence-corrected chi connectivity index (χ1v) is 7.05. The van der Waals surface area contributed by atoms with Gasteiger partial charge in [0.15, 0.2) is 3.92 Å². The van der Waals surface area contributed by atoms with Gasteiger partial charge in [-0.1, -0.05) is 31.6 Å². The SMILES string of the molecule is CCCCN(c1nnc(Br)s1)C(C)CC. The third-order valence-electron chi connectivity index (χ3n) is 2.51. The first kappa shape index (κ1) is 12.9. The second kappa shape index (κ2) is 6.43. The van der Waals surface area contributed by atoms with E-state index in [9.17, 15) is 0 Å². The van der Waals surface area contributed by atoms with E-state index in [1.807, 2.05) is 0 Å². The van der Waals surface area contributed by atoms with Crippen molar-refractivity contribution in [1.29, 1.82) is 0 Å². The molecule has 0 aliphatic rings. The number of hydrogen-bond acceptors (Lipinski definition) is 4. The van der Waals surface area contributed by atoms with Gasteiger partial charge >= 0.3 is 0 Å². The van der Waals surface area contributed by atoms with Gasteiger partial charge in [0.2, 0.25) is 5.13 Å². The quantitative estimate of drug-likeness (QED) is 0.800. The highest BCUT2D eigenvalue weighted by molar-refractivity contribution is 9.11. The van der Waals surface area contributed by atoms with Gasteiger partial charge in [-0.25, -0.2) is 0 Å². The Morgan fingerprint density at radius 2 is 2.13 bits per heavy atom. The topological polar surface area (TPSA) is 29.0 Å². The molecule has 0 aliphatic carbocycles. The lowest BCUT2D eigenvalue weighted by Gasteiger charge is -2.27. The van der Waals surface area contributed by atoms with Crippen molar-refractivity contribution in [3.8, 4) is 0 Å². The Bertz CT molecular complexity index is 290. The zero-order valence-corrected chi connectivity index (χ0v) is 11.9. The Labute approximate surface area is 104 Å². The van der Waals surface area contributed by atoms with Crippen LogP contribution in [0.4, 0.5) is 5.13 Å². The minimum Gasteiger partial charge on any atom is -0.344 e. The van der Waals surface area contributed by atoms with E-state index in [0.717, 1.165) is 22.0 Å². The normalized spacial score (nSPS) is 12.8. The summed E-state index contributed by atoms with van der Waals surface area (Å²) in [5, 5.41) is 9.22. The fraction of sp³-hybridized carbons (Fsp3) is 0.800. The van der Waals surface area contributed by atoms with Crippen molar-refractivity contribution in [2.75, 3.05) is 11.4 Å². The van der Waals surface area contributed by atoms with E-state index < -0.39 is 0 Å². The van der Waals surface area contributed by atoms with Crippen molar-refractivity contribution in [3.63, 3.8) is 0 Å². The van der Waals surface area contributed by atoms with E-state index >= 15 is 0 Å². The van der Waals surface area contributed by atoms with Gasteiger partial charge in [0.1, 0.15) is 0 Å². The summed E-state index contributed by atoms with van der Waals surface area (Å²) in [6, 6.07) is 0.538. The molecule has 0 radical (unpaired) electrons. The minimum absolute atomic E-state index is 0.538. The van der Waals surface area contributed by atoms with Crippen LogP contribution >= 0.6 is 27.3 Å². The Hall–Kier alpha value is -0.160. The largest absolute Gasteiger partial charge is 0.344 e. The maximum atomic E-state index is 4.19. The van der Waals surface area contributed by atoms with E-state index in [0.29, 0.717) is 6.04 Å². The summed E-state index contributed by atoms with van der Waals surface area (Å²) in [4.78, 5) is 2.35. The molecule has 15 heavy (non-hydrogen) atoms. The third-order valence-corrected chi connectivity index (χ3v) is 3.90. The van der Waals surface area contributed by atoms with Gasteiger partial charge in [-0.15, -0.1) is 10.2 Å². The molecule has 0 bridgehead atoms. The zero-order valence-electron chi connectivity index (χ0n) is 9.53. The summed E-state index contributed by atoms with van der Waals surface area (Å²) >= 11 is 4.97. The Morgan fingerprint density at radius 1 is 1.40 bits per heavy atom. The number of anilines is 1. The number of hydrogen-bond donors (Lipinski definition) is 0. The number of rotatable bonds is 6. The molecule has 0 spiro atoms. The van der Waals surface area contributed by atoms with Crippen LogP contribution < -0.4 is 4.90 Å². The molecule has 0 amide bonds. The lowest BCUT2D eigenvalue weighted by molar-refractivity contribution is 0.592. The maximum absolute atomic E-state index is 4.19. The molecule has 0 saturated heterocycles. The smallest absolute Gasteiger partial charge is 0.209 e. The predicted octanol–water partition coefficient (Wildman–Crippen LogP) is 3.71. The summed E-state index contributed by atoms with van der Waals surface area (Å²) in [6.45, 7) is 7.74. The fourth-order valence-corrected chi connectivity index (χ4v) is 2.58. The van der Waals surface area contributed by atoms with Crippen molar-refractivity contribution < 1.29 is 0 Å². The predicted molar refractivity (Wildman–Crippen MR) is 69.6 cm³/mol. The van der Waals surface area contributed by atoms with Crippen LogP contribution in [0.5, 0.6) is 0 Å². The van der Waals surface area contributed by atoms with Gasteiger partial charge in [-0.05, 0) is 35.7 Å². The number of aromatic nitrogens is 2. The number of nitrogens with zero attached hydrogens (tertiary/aromatic N) is 3. The molecule has 0 aliphatic heterocycles. The highest BCUT2D eigenvalue weighted by atomic mass is 79.9. The average molecular weight is 292 g/mol. The van der Waals surface area contributed by atoms with Gasteiger partial charge < -0.3 is 4.90 Å². The van der Waals surface area contributed by atoms with Gasteiger partial charge in [-0.3, -0.25) is 0 Å². The van der Waals surface area contributed by atoms with Crippen molar-refractivity contribution in [2.45, 2.75) is 46.1 Å². The molecule has 0 aromatic carbocycles. The number of unbranched alkanes of at least 4 members (excludes halogenated alkanes) is 1. The van der Waals surface area contributed by atoms with E-state index in [2.05, 4.69) is 51.8 Å². The molecule has 86 valence electrons. The van der Waals surface area contributed by atoms with Gasteiger partial charge in [-0.2, -0.15) is 0 Å². The minimum atomic E-state index is 0.538. The van der Waals surface area contributed by atoms with Crippen molar-refractivity contribution in [3.05, 3.63) is 3.92 Å². The second-order valence-corrected chi connectivity index (χ2v) is 5.87. The molecule has 1 atom stereocenters. The molecule has 3 nitrogen and oxygen atoms in total. The molecule has 1 aromatic heterocycles. The summed E-state index contributed by atoms with van der Waals surface area (Å²) < 4.78 is 0.863. The lowest BCUT2D eigenvalue weighted by Crippen LogP contribution is -2.33. The summed E-state index contributed by atoms with van der Waals surface area (Å²) in [7, 11) is 0. The van der Waals surface area contributed by atoms with Crippen molar-refractivity contribution in [2.24, 2.45) is 0 Å². The van der Waals surface area contributed by atoms with Crippen LogP contribution in [-0.2, 0) is 0 Å². The highest BCUT2D eigenvalue weighted by Gasteiger charge is 2.16. The van der Waals surface area contributed by atoms with Crippen molar-refractivity contribution >= 4 is 32.4 Å². The Balaban J connectivity index is 2.71. The summed E-state index contributed by atoms with van der Waals surface area (Å²) in [5.41, 5.74) is 0. The maximum Gasteiger partial charge on any atom is 0.209 e. The first-order chi connectivity index (χ1) is 7.19. The van der Waals surface area contributed by atoms with Gasteiger partial charge in [0, 0.05) is 12.6 Å². The van der Waals surface area contributed by atoms with E-state index in [-0.39, 0.29) is 0 Å². The van der Waals surface area contributed by atoms with Crippen molar-refractivity contribution in [1.82, 2.24) is 10.2 Å². The standard InChI is InChI=1S/C10H18BrN3S/c1-4-6-7-14(8(3)5-2)10-13-12-9(11)15-10/h8H,4-7H2,1-3H3. The molecule has 0 saturated carbocycles. The molecule has 1 aromatic rings. The zero-order chi connectivity index (χ0) is 11.3. The van der Waals surface area contributed by atoms with Crippen LogP contribution in [0, 0.1) is 0 Å². The van der Waals surface area contributed by atoms with Crippen LogP contribution in [-0.4, -0.2) is 22.8 Å². The van der Waals surface area contributed by atoms with E-state index in [4.69, 9.17) is 0 Å². The summed E-state index contributed by atoms with van der Waals surface area (Å²) in [5.74, 6) is 0. The Kier molecular flexibility index (Phi) is 5.53. The number of halogens is 1. The average Bonchev–Trinajstić information content (AvgIpc) is 2.65. The van der Waals surface area contributed by atoms with Gasteiger partial charge in [0.25, 0.3) is 0 Å². The first-order valence-electron chi connectivity index (χ1n) is 5.44. The summed E-state index contributed by atoms with van der Waals surface area (Å²) in [6.07, 6.45) is 3.56. The lowest BCUT2D eigenvalue weighted by atomic mass is 10.2. The van der Waals surface area contributed by atoms with Gasteiger partial charge in [0.05, 0.1) is 0 Å². The van der Waals surface area contributed by atoms with E-state index in [1.54, 1.807) is 11.3 Å². The van der Waals surface area contributed by atoms with Crippen LogP contribution in [0.2, 0.25) is 0 Å². The molecule has 1 unspecified atom stereocenters. The van der Waals surface area contributed by atoms with Crippen LogP contribution in [0.15, 0.2) is 3.92 Å². The molecule has 1 rings (SSSR count). The van der Waals surface area contributed by atoms with E-state index in [1.165, 1.54) is 12.8 Å². The molecular formula is C10H18BrN3S. The highest BCUT2D eigenvalue weighted by Crippen LogP contribution is 2.26. The van der Waals surface area contributed by atoms with Crippen LogP contribution in [0.3, 0.4) is 0 Å². The van der Waals surface area contributed by atoms with Crippen LogP contribution in [0.1, 0.15) is 40.0 Å². The molecule has 0 N–H and O–H groups in total. The third kappa shape index (κ3) is 3.72.